The fourth-order valence-electron chi connectivity index (χ4n) is 5.96. The first-order valence-corrected chi connectivity index (χ1v) is 14.8. The van der Waals surface area contributed by atoms with E-state index in [1.54, 1.807) is 17.3 Å². The predicted octanol–water partition coefficient (Wildman–Crippen LogP) is 4.59. The van der Waals surface area contributed by atoms with Gasteiger partial charge in [0.25, 0.3) is 0 Å². The molecule has 3 heterocycles. The topological polar surface area (TPSA) is 104 Å². The van der Waals surface area contributed by atoms with E-state index in [-0.39, 0.29) is 29.9 Å². The summed E-state index contributed by atoms with van der Waals surface area (Å²) in [5.41, 5.74) is 3.49. The van der Waals surface area contributed by atoms with Crippen LogP contribution in [0.5, 0.6) is 0 Å². The Labute approximate surface area is 253 Å². The van der Waals surface area contributed by atoms with Gasteiger partial charge in [-0.15, -0.1) is 0 Å². The molecule has 10 heteroatoms. The fraction of sp³-hybridized carbons (Fsp3) is 0.394. The second kappa shape index (κ2) is 12.9. The van der Waals surface area contributed by atoms with E-state index in [2.05, 4.69) is 15.0 Å². The van der Waals surface area contributed by atoms with Crippen molar-refractivity contribution in [1.82, 2.24) is 39.5 Å². The average molecular weight is 583 g/mol. The molecule has 1 saturated heterocycles. The number of hydrogen-bond acceptors (Lipinski definition) is 6. The number of nitrogens with one attached hydrogen (secondary N) is 2. The Kier molecular flexibility index (Phi) is 9.08. The third-order valence-electron chi connectivity index (χ3n) is 8.39. The van der Waals surface area contributed by atoms with Gasteiger partial charge in [0.1, 0.15) is 23.7 Å². The van der Waals surface area contributed by atoms with E-state index in [0.717, 1.165) is 41.2 Å². The Morgan fingerprint density at radius 3 is 1.98 bits per heavy atom. The van der Waals surface area contributed by atoms with Crippen molar-refractivity contribution < 1.29 is 9.59 Å². The zero-order valence-corrected chi connectivity index (χ0v) is 25.9. The van der Waals surface area contributed by atoms with Gasteiger partial charge in [-0.3, -0.25) is 19.4 Å². The molecule has 4 atom stereocenters. The number of likely N-dealkylation sites (tertiary alicyclic amines) is 1. The standard InChI is InChI=1S/C33H42N8O2/c1-22(40(6)32(42)28(38(2)3)23-14-9-7-10-15-23)30-34-20-25(36-30)26-21-35-31(37-26)27-18-13-19-41(27)33(43)29(39(4)5)24-16-11-8-12-17-24/h7-12,14-17,20-22,27-29H,13,18-19H2,1-6H3,(H,34,36)(H,35,37)/t22-,27-,28+,29+/m0/s1. The number of aromatic amines is 2. The van der Waals surface area contributed by atoms with Gasteiger partial charge in [0.15, 0.2) is 0 Å². The van der Waals surface area contributed by atoms with Gasteiger partial charge >= 0.3 is 0 Å². The summed E-state index contributed by atoms with van der Waals surface area (Å²) < 4.78 is 0. The lowest BCUT2D eigenvalue weighted by atomic mass is 10.0. The summed E-state index contributed by atoms with van der Waals surface area (Å²) in [6.45, 7) is 2.66. The molecule has 0 saturated carbocycles. The van der Waals surface area contributed by atoms with Gasteiger partial charge in [0, 0.05) is 13.6 Å². The van der Waals surface area contributed by atoms with Crippen LogP contribution >= 0.6 is 0 Å². The molecular formula is C33H42N8O2. The van der Waals surface area contributed by atoms with Crippen LogP contribution < -0.4 is 0 Å². The molecular weight excluding hydrogens is 540 g/mol. The van der Waals surface area contributed by atoms with E-state index >= 15 is 0 Å². The second-order valence-electron chi connectivity index (χ2n) is 11.7. The molecule has 5 rings (SSSR count). The molecule has 1 aliphatic rings. The van der Waals surface area contributed by atoms with Gasteiger partial charge in [-0.05, 0) is 59.1 Å². The number of hydrogen-bond donors (Lipinski definition) is 2. The minimum absolute atomic E-state index is 0.0111. The van der Waals surface area contributed by atoms with Crippen LogP contribution in [0.25, 0.3) is 11.4 Å². The largest absolute Gasteiger partial charge is 0.339 e. The first kappa shape index (κ1) is 30.2. The maximum atomic E-state index is 13.8. The van der Waals surface area contributed by atoms with Crippen molar-refractivity contribution in [2.75, 3.05) is 41.8 Å². The Bertz CT molecular complexity index is 1510. The van der Waals surface area contributed by atoms with Gasteiger partial charge in [-0.1, -0.05) is 60.7 Å². The van der Waals surface area contributed by atoms with Crippen LogP contribution in [-0.2, 0) is 9.59 Å². The van der Waals surface area contributed by atoms with Gasteiger partial charge in [-0.25, -0.2) is 9.97 Å². The molecule has 0 radical (unpaired) electrons. The molecule has 0 unspecified atom stereocenters. The molecule has 10 nitrogen and oxygen atoms in total. The van der Waals surface area contributed by atoms with E-state index in [1.807, 2.05) is 118 Å². The number of nitrogens with zero attached hydrogens (tertiary/aromatic N) is 6. The van der Waals surface area contributed by atoms with Crippen LogP contribution in [0.15, 0.2) is 73.1 Å². The molecule has 0 aliphatic carbocycles. The first-order chi connectivity index (χ1) is 20.7. The lowest BCUT2D eigenvalue weighted by Gasteiger charge is -2.31. The lowest BCUT2D eigenvalue weighted by Crippen LogP contribution is -2.40. The van der Waals surface area contributed by atoms with Crippen molar-refractivity contribution in [3.8, 4) is 11.4 Å². The molecule has 226 valence electrons. The molecule has 0 bridgehead atoms. The molecule has 2 aromatic carbocycles. The van der Waals surface area contributed by atoms with Crippen LogP contribution in [0.1, 0.15) is 66.7 Å². The number of aromatic nitrogens is 4. The number of imidazole rings is 2. The van der Waals surface area contributed by atoms with E-state index < -0.39 is 6.04 Å². The number of amides is 2. The highest BCUT2D eigenvalue weighted by atomic mass is 16.2. The van der Waals surface area contributed by atoms with Gasteiger partial charge < -0.3 is 19.8 Å². The molecule has 4 aromatic rings. The number of carbonyl (C=O) groups is 2. The second-order valence-corrected chi connectivity index (χ2v) is 11.7. The summed E-state index contributed by atoms with van der Waals surface area (Å²) in [5.74, 6) is 1.51. The zero-order valence-electron chi connectivity index (χ0n) is 25.9. The molecule has 2 aromatic heterocycles. The number of carbonyl (C=O) groups excluding carboxylic acids is 2. The predicted molar refractivity (Wildman–Crippen MR) is 167 cm³/mol. The summed E-state index contributed by atoms with van der Waals surface area (Å²) in [4.78, 5) is 51.1. The Morgan fingerprint density at radius 2 is 1.37 bits per heavy atom. The number of likely N-dealkylation sites (N-methyl/N-ethyl adjacent to an activating group) is 3. The SMILES string of the molecule is C[C@@H](c1ncc(-c2cnc([C@@H]3CCCN3C(=O)[C@@H](c3ccccc3)N(C)C)[nH]2)[nH]1)N(C)C(=O)[C@@H](c1ccccc1)N(C)C. The van der Waals surface area contributed by atoms with E-state index in [0.29, 0.717) is 12.4 Å². The van der Waals surface area contributed by atoms with Crippen molar-refractivity contribution in [1.29, 1.82) is 0 Å². The van der Waals surface area contributed by atoms with Gasteiger partial charge in [-0.2, -0.15) is 0 Å². The smallest absolute Gasteiger partial charge is 0.245 e. The lowest BCUT2D eigenvalue weighted by molar-refractivity contribution is -0.138. The molecule has 43 heavy (non-hydrogen) atoms. The highest BCUT2D eigenvalue weighted by Gasteiger charge is 2.37. The first-order valence-electron chi connectivity index (χ1n) is 14.8. The minimum Gasteiger partial charge on any atom is -0.339 e. The van der Waals surface area contributed by atoms with Crippen LogP contribution in [0.3, 0.4) is 0 Å². The van der Waals surface area contributed by atoms with E-state index in [4.69, 9.17) is 4.98 Å². The van der Waals surface area contributed by atoms with Crippen LogP contribution in [0, 0.1) is 0 Å². The third kappa shape index (κ3) is 6.25. The Balaban J connectivity index is 1.31. The maximum absolute atomic E-state index is 13.8. The maximum Gasteiger partial charge on any atom is 0.245 e. The van der Waals surface area contributed by atoms with Crippen molar-refractivity contribution >= 4 is 11.8 Å². The van der Waals surface area contributed by atoms with Crippen molar-refractivity contribution in [3.05, 3.63) is 95.8 Å². The summed E-state index contributed by atoms with van der Waals surface area (Å²) >= 11 is 0. The third-order valence-corrected chi connectivity index (χ3v) is 8.39. The van der Waals surface area contributed by atoms with Crippen molar-refractivity contribution in [2.45, 2.75) is 43.9 Å². The number of rotatable bonds is 10. The Hall–Kier alpha value is -4.28. The average Bonchev–Trinajstić information content (AvgIpc) is 3.78. The monoisotopic (exact) mass is 582 g/mol. The molecule has 1 fully saturated rings. The minimum atomic E-state index is -0.399. The van der Waals surface area contributed by atoms with Crippen LogP contribution in [-0.4, -0.2) is 93.1 Å². The Morgan fingerprint density at radius 1 is 0.814 bits per heavy atom. The van der Waals surface area contributed by atoms with Crippen molar-refractivity contribution in [2.24, 2.45) is 0 Å². The number of benzene rings is 2. The van der Waals surface area contributed by atoms with Crippen LogP contribution in [0.2, 0.25) is 0 Å². The van der Waals surface area contributed by atoms with Gasteiger partial charge in [0.05, 0.1) is 35.9 Å². The van der Waals surface area contributed by atoms with Crippen LogP contribution in [0.4, 0.5) is 0 Å². The summed E-state index contributed by atoms with van der Waals surface area (Å²) in [5, 5.41) is 0. The highest BCUT2D eigenvalue weighted by Crippen LogP contribution is 2.35. The molecule has 2 amide bonds. The van der Waals surface area contributed by atoms with E-state index in [1.165, 1.54) is 0 Å². The molecule has 0 spiro atoms. The summed E-state index contributed by atoms with van der Waals surface area (Å²) in [7, 11) is 9.52. The summed E-state index contributed by atoms with van der Waals surface area (Å²) in [6, 6.07) is 18.5. The van der Waals surface area contributed by atoms with Crippen molar-refractivity contribution in [3.63, 3.8) is 0 Å². The quantitative estimate of drug-likeness (QED) is 0.284. The molecule has 2 N–H and O–H groups in total. The van der Waals surface area contributed by atoms with Gasteiger partial charge in [0.2, 0.25) is 11.8 Å². The zero-order chi connectivity index (χ0) is 30.7. The van der Waals surface area contributed by atoms with E-state index in [9.17, 15) is 9.59 Å². The fourth-order valence-corrected chi connectivity index (χ4v) is 5.96. The number of H-pyrrole nitrogens is 2. The summed E-state index contributed by atoms with van der Waals surface area (Å²) in [6.07, 6.45) is 5.31. The highest BCUT2D eigenvalue weighted by molar-refractivity contribution is 5.84. The molecule has 1 aliphatic heterocycles. The normalized spacial score (nSPS) is 17.3.